The molecule has 0 aliphatic carbocycles. The number of rotatable bonds is 3. The van der Waals surface area contributed by atoms with E-state index in [9.17, 15) is 4.79 Å². The maximum atomic E-state index is 11.0. The Balaban J connectivity index is 2.27. The van der Waals surface area contributed by atoms with Crippen LogP contribution in [0.4, 0.5) is 11.4 Å². The van der Waals surface area contributed by atoms with E-state index in [1.807, 2.05) is 37.3 Å². The second kappa shape index (κ2) is 4.92. The van der Waals surface area contributed by atoms with Gasteiger partial charge in [0.15, 0.2) is 0 Å². The van der Waals surface area contributed by atoms with Crippen LogP contribution in [0.3, 0.4) is 0 Å². The van der Waals surface area contributed by atoms with Crippen LogP contribution in [0, 0.1) is 13.8 Å². The van der Waals surface area contributed by atoms with Crippen molar-refractivity contribution < 1.29 is 9.90 Å². The Labute approximate surface area is 106 Å². The zero-order valence-corrected chi connectivity index (χ0v) is 10.4. The van der Waals surface area contributed by atoms with E-state index in [0.29, 0.717) is 5.56 Å². The van der Waals surface area contributed by atoms with Gasteiger partial charge in [-0.15, -0.1) is 0 Å². The number of hydrogen-bond donors (Lipinski definition) is 2. The van der Waals surface area contributed by atoms with Gasteiger partial charge in [0.1, 0.15) is 0 Å². The molecule has 18 heavy (non-hydrogen) atoms. The fraction of sp³-hybridized carbons (Fsp3) is 0.133. The first-order chi connectivity index (χ1) is 8.56. The monoisotopic (exact) mass is 241 g/mol. The highest BCUT2D eigenvalue weighted by Crippen LogP contribution is 2.20. The van der Waals surface area contributed by atoms with Crippen LogP contribution in [0.25, 0.3) is 0 Å². The molecule has 0 heterocycles. The predicted octanol–water partition coefficient (Wildman–Crippen LogP) is 3.75. The number of carbonyl (C=O) groups is 1. The zero-order valence-electron chi connectivity index (χ0n) is 10.4. The van der Waals surface area contributed by atoms with E-state index in [2.05, 4.69) is 5.32 Å². The quantitative estimate of drug-likeness (QED) is 0.860. The average molecular weight is 241 g/mol. The fourth-order valence-electron chi connectivity index (χ4n) is 1.73. The van der Waals surface area contributed by atoms with Crippen molar-refractivity contribution in [1.29, 1.82) is 0 Å². The lowest BCUT2D eigenvalue weighted by molar-refractivity contribution is 0.0696. The lowest BCUT2D eigenvalue weighted by atomic mass is 10.1. The number of anilines is 2. The van der Waals surface area contributed by atoms with Gasteiger partial charge in [0, 0.05) is 11.4 Å². The topological polar surface area (TPSA) is 49.3 Å². The van der Waals surface area contributed by atoms with Gasteiger partial charge in [0.05, 0.1) is 5.56 Å². The summed E-state index contributed by atoms with van der Waals surface area (Å²) >= 11 is 0. The number of carboxylic acid groups (broad SMARTS) is 1. The lowest BCUT2D eigenvalue weighted by Crippen LogP contribution is -2.01. The first-order valence-electron chi connectivity index (χ1n) is 5.74. The highest BCUT2D eigenvalue weighted by molar-refractivity contribution is 5.90. The standard InChI is InChI=1S/C15H15NO2/c1-10-3-6-12(7-4-10)16-13-8-5-11(2)14(9-13)15(17)18/h3-9,16H,1-2H3,(H,17,18). The Morgan fingerprint density at radius 2 is 1.61 bits per heavy atom. The minimum absolute atomic E-state index is 0.326. The highest BCUT2D eigenvalue weighted by Gasteiger charge is 2.07. The van der Waals surface area contributed by atoms with Crippen LogP contribution in [0.1, 0.15) is 21.5 Å². The number of benzene rings is 2. The molecule has 2 aromatic rings. The van der Waals surface area contributed by atoms with E-state index in [1.54, 1.807) is 19.1 Å². The third-order valence-electron chi connectivity index (χ3n) is 2.81. The van der Waals surface area contributed by atoms with Crippen molar-refractivity contribution in [2.75, 3.05) is 5.32 Å². The molecule has 0 atom stereocenters. The third-order valence-corrected chi connectivity index (χ3v) is 2.81. The Morgan fingerprint density at radius 1 is 1.00 bits per heavy atom. The number of nitrogens with one attached hydrogen (secondary N) is 1. The maximum absolute atomic E-state index is 11.0. The van der Waals surface area contributed by atoms with Gasteiger partial charge in [-0.1, -0.05) is 23.8 Å². The summed E-state index contributed by atoms with van der Waals surface area (Å²) in [6.07, 6.45) is 0. The zero-order chi connectivity index (χ0) is 13.1. The molecule has 3 heteroatoms. The van der Waals surface area contributed by atoms with Crippen molar-refractivity contribution in [2.45, 2.75) is 13.8 Å². The molecule has 0 aliphatic heterocycles. The summed E-state index contributed by atoms with van der Waals surface area (Å²) < 4.78 is 0. The van der Waals surface area contributed by atoms with Gasteiger partial charge in [0.25, 0.3) is 0 Å². The van der Waals surface area contributed by atoms with Crippen molar-refractivity contribution in [2.24, 2.45) is 0 Å². The first-order valence-corrected chi connectivity index (χ1v) is 5.74. The van der Waals surface area contributed by atoms with Crippen LogP contribution < -0.4 is 5.32 Å². The minimum Gasteiger partial charge on any atom is -0.478 e. The van der Waals surface area contributed by atoms with Crippen LogP contribution in [0.15, 0.2) is 42.5 Å². The normalized spacial score (nSPS) is 10.1. The molecule has 2 aromatic carbocycles. The van der Waals surface area contributed by atoms with Crippen molar-refractivity contribution in [1.82, 2.24) is 0 Å². The Hall–Kier alpha value is -2.29. The molecule has 92 valence electrons. The SMILES string of the molecule is Cc1ccc(Nc2ccc(C)c(C(=O)O)c2)cc1. The third kappa shape index (κ3) is 2.69. The summed E-state index contributed by atoms with van der Waals surface area (Å²) in [5.41, 5.74) is 4.00. The second-order valence-electron chi connectivity index (χ2n) is 4.33. The first kappa shape index (κ1) is 12.2. The van der Waals surface area contributed by atoms with Gasteiger partial charge in [-0.2, -0.15) is 0 Å². The van der Waals surface area contributed by atoms with Crippen LogP contribution in [0.5, 0.6) is 0 Å². The summed E-state index contributed by atoms with van der Waals surface area (Å²) in [6, 6.07) is 13.3. The Kier molecular flexibility index (Phi) is 3.33. The van der Waals surface area contributed by atoms with Gasteiger partial charge < -0.3 is 10.4 Å². The van der Waals surface area contributed by atoms with Crippen LogP contribution in [-0.4, -0.2) is 11.1 Å². The smallest absolute Gasteiger partial charge is 0.336 e. The predicted molar refractivity (Wildman–Crippen MR) is 72.6 cm³/mol. The van der Waals surface area contributed by atoms with E-state index in [1.165, 1.54) is 5.56 Å². The van der Waals surface area contributed by atoms with Gasteiger partial charge in [-0.3, -0.25) is 0 Å². The van der Waals surface area contributed by atoms with E-state index < -0.39 is 5.97 Å². The summed E-state index contributed by atoms with van der Waals surface area (Å²) in [7, 11) is 0. The van der Waals surface area contributed by atoms with Crippen molar-refractivity contribution in [3.63, 3.8) is 0 Å². The molecule has 0 spiro atoms. The molecule has 0 fully saturated rings. The summed E-state index contributed by atoms with van der Waals surface area (Å²) in [4.78, 5) is 11.0. The van der Waals surface area contributed by atoms with E-state index in [4.69, 9.17) is 5.11 Å². The van der Waals surface area contributed by atoms with Gasteiger partial charge in [0.2, 0.25) is 0 Å². The molecule has 0 aromatic heterocycles. The molecular formula is C15H15NO2. The Bertz CT molecular complexity index is 574. The maximum Gasteiger partial charge on any atom is 0.336 e. The lowest BCUT2D eigenvalue weighted by Gasteiger charge is -2.09. The average Bonchev–Trinajstić information content (AvgIpc) is 2.34. The number of aromatic carboxylic acids is 1. The molecule has 0 radical (unpaired) electrons. The molecule has 0 amide bonds. The fourth-order valence-corrected chi connectivity index (χ4v) is 1.73. The minimum atomic E-state index is -0.903. The van der Waals surface area contributed by atoms with E-state index in [0.717, 1.165) is 16.9 Å². The highest BCUT2D eigenvalue weighted by atomic mass is 16.4. The number of hydrogen-bond acceptors (Lipinski definition) is 2. The van der Waals surface area contributed by atoms with Gasteiger partial charge in [-0.05, 0) is 43.7 Å². The van der Waals surface area contributed by atoms with Crippen LogP contribution in [-0.2, 0) is 0 Å². The molecule has 0 unspecified atom stereocenters. The summed E-state index contributed by atoms with van der Waals surface area (Å²) in [5, 5.41) is 12.3. The van der Waals surface area contributed by atoms with Gasteiger partial charge in [-0.25, -0.2) is 4.79 Å². The Morgan fingerprint density at radius 3 is 2.22 bits per heavy atom. The molecule has 0 saturated carbocycles. The number of aryl methyl sites for hydroxylation is 2. The van der Waals surface area contributed by atoms with Crippen molar-refractivity contribution in [3.8, 4) is 0 Å². The molecular weight excluding hydrogens is 226 g/mol. The van der Waals surface area contributed by atoms with E-state index >= 15 is 0 Å². The second-order valence-corrected chi connectivity index (χ2v) is 4.33. The van der Waals surface area contributed by atoms with Gasteiger partial charge >= 0.3 is 5.97 Å². The molecule has 2 N–H and O–H groups in total. The summed E-state index contributed by atoms with van der Waals surface area (Å²) in [6.45, 7) is 3.82. The van der Waals surface area contributed by atoms with Crippen molar-refractivity contribution >= 4 is 17.3 Å². The molecule has 3 nitrogen and oxygen atoms in total. The molecule has 0 bridgehead atoms. The molecule has 0 saturated heterocycles. The van der Waals surface area contributed by atoms with E-state index in [-0.39, 0.29) is 0 Å². The van der Waals surface area contributed by atoms with Crippen LogP contribution >= 0.6 is 0 Å². The summed E-state index contributed by atoms with van der Waals surface area (Å²) in [5.74, 6) is -0.903. The number of carboxylic acids is 1. The van der Waals surface area contributed by atoms with Crippen molar-refractivity contribution in [3.05, 3.63) is 59.2 Å². The largest absolute Gasteiger partial charge is 0.478 e. The molecule has 2 rings (SSSR count). The molecule has 0 aliphatic rings. The van der Waals surface area contributed by atoms with Crippen LogP contribution in [0.2, 0.25) is 0 Å².